The van der Waals surface area contributed by atoms with Crippen LogP contribution in [0.25, 0.3) is 0 Å². The Hall–Kier alpha value is -1.94. The largest absolute Gasteiger partial charge is 2.00 e. The van der Waals surface area contributed by atoms with Crippen molar-refractivity contribution >= 4 is 32.4 Å². The Balaban J connectivity index is -0.0000000109. The van der Waals surface area contributed by atoms with Crippen molar-refractivity contribution in [2.45, 2.75) is 0 Å². The van der Waals surface area contributed by atoms with E-state index in [9.17, 15) is 0 Å². The van der Waals surface area contributed by atoms with Gasteiger partial charge in [0.15, 0.2) is 0 Å². The molecule has 0 fully saturated rings. The monoisotopic (exact) mass is 718 g/mol. The molecule has 0 unspecified atom stereocenters. The average molecular weight is 718 g/mol. The van der Waals surface area contributed by atoms with Gasteiger partial charge in [-0.1, -0.05) is 0 Å². The molecule has 0 spiro atoms. The van der Waals surface area contributed by atoms with Crippen molar-refractivity contribution in [2.24, 2.45) is 0 Å². The Bertz CT molecular complexity index is 697. The van der Waals surface area contributed by atoms with E-state index in [4.69, 9.17) is 46.5 Å². The number of nitrogens with zero attached hydrogens (tertiary/aromatic N) is 4. The van der Waals surface area contributed by atoms with Crippen molar-refractivity contribution < 1.29 is 135 Å². The topological polar surface area (TPSA) is 657 Å². The first-order chi connectivity index (χ1) is 10.8. The second kappa shape index (κ2) is 59.9. The number of rotatable bonds is 0. The summed E-state index contributed by atoms with van der Waals surface area (Å²) in [6, 6.07) is 0. The van der Waals surface area contributed by atoms with Gasteiger partial charge in [-0.05, 0) is 0 Å². The van der Waals surface area contributed by atoms with Crippen LogP contribution in [0.1, 0.15) is 0 Å². The molecule has 2 radical (unpaired) electrons. The molecule has 26 nitrogen and oxygen atoms in total. The van der Waals surface area contributed by atoms with Gasteiger partial charge in [-0.2, -0.15) is 0 Å². The van der Waals surface area contributed by atoms with E-state index >= 15 is 0 Å². The first-order valence-corrected chi connectivity index (χ1v) is 7.82. The maximum atomic E-state index is 8.52. The number of nitrogen functional groups attached to an aromatic ring is 2. The van der Waals surface area contributed by atoms with E-state index in [1.165, 1.54) is 12.4 Å². The molecular weight excluding hydrogens is 674 g/mol. The number of aromatic nitrogens is 4. The van der Waals surface area contributed by atoms with Crippen molar-refractivity contribution in [2.75, 3.05) is 11.5 Å². The number of hydrogen-bond acceptors (Lipinski definition) is 14. The van der Waals surface area contributed by atoms with Crippen LogP contribution in [0.3, 0.4) is 0 Å². The Labute approximate surface area is 235 Å². The summed E-state index contributed by atoms with van der Waals surface area (Å²) in [5, 5.41) is 0. The predicted octanol–water partition coefficient (Wildman–Crippen LogP) is -13.4. The van der Waals surface area contributed by atoms with Gasteiger partial charge in [-0.15, -0.1) is 0 Å². The summed E-state index contributed by atoms with van der Waals surface area (Å²) < 4.78 is 68.2. The Morgan fingerprint density at radius 2 is 0.658 bits per heavy atom. The van der Waals surface area contributed by atoms with Gasteiger partial charge >= 0.3 is 34.1 Å². The second-order valence-electron chi connectivity index (χ2n) is 3.08. The van der Waals surface area contributed by atoms with E-state index in [1.807, 2.05) is 0 Å². The molecule has 0 bridgehead atoms. The molecule has 0 aliphatic heterocycles. The summed E-state index contributed by atoms with van der Waals surface area (Å²) in [6.07, 6.45) is 9.26. The molecule has 2 aromatic rings. The molecular formula is C8H44Mn2N6O20S2+10. The Kier molecular flexibility index (Phi) is 174. The minimum Gasteiger partial charge on any atom is -0.759 e. The summed E-state index contributed by atoms with van der Waals surface area (Å²) >= 11 is 0. The zero-order valence-electron chi connectivity index (χ0n) is 19.0. The molecule has 2 heterocycles. The molecule has 242 valence electrons. The quantitative estimate of drug-likeness (QED) is 0.111. The number of hydrogen-bond donors (Lipinski definition) is 2. The smallest absolute Gasteiger partial charge is 0.759 e. The first-order valence-electron chi connectivity index (χ1n) is 5.15. The third kappa shape index (κ3) is 188. The molecule has 2 aromatic heterocycles. The van der Waals surface area contributed by atoms with Gasteiger partial charge in [-0.25, -0.2) is 9.97 Å². The SMILES string of the molecule is Nc1cnccn1.Nc1cnccn1.O.O.O=S(=O)([O-])[O-].O=S(=O)([O-])[O-].[Mn+2].[Mn+2].[OH3+].[OH3+].[OH3+].[OH3+].[OH3+].[OH3+].[OH3+].[OH3+].[OH3+].[OH3+]. The maximum absolute atomic E-state index is 8.52. The summed E-state index contributed by atoms with van der Waals surface area (Å²) in [5.41, 5.74) is 10.4. The minimum atomic E-state index is -5.17. The van der Waals surface area contributed by atoms with Crippen LogP contribution in [0.5, 0.6) is 0 Å². The minimum absolute atomic E-state index is 0. The van der Waals surface area contributed by atoms with Gasteiger partial charge < -0.3 is 95.4 Å². The van der Waals surface area contributed by atoms with Crippen molar-refractivity contribution in [3.05, 3.63) is 37.2 Å². The van der Waals surface area contributed by atoms with E-state index in [2.05, 4.69) is 19.9 Å². The summed E-state index contributed by atoms with van der Waals surface area (Å²) in [4.78, 5) is 14.8. The molecule has 0 aromatic carbocycles. The predicted molar refractivity (Wildman–Crippen MR) is 130 cm³/mol. The third-order valence-electron chi connectivity index (χ3n) is 1.17. The average Bonchev–Trinajstić information content (AvgIpc) is 2.37. The van der Waals surface area contributed by atoms with Crippen LogP contribution in [-0.4, -0.2) is 65.9 Å². The molecule has 0 aliphatic carbocycles. The van der Waals surface area contributed by atoms with Crippen molar-refractivity contribution in [1.82, 2.24) is 19.9 Å². The number of anilines is 2. The molecule has 0 amide bonds. The van der Waals surface area contributed by atoms with Crippen LogP contribution in [0.2, 0.25) is 0 Å². The Morgan fingerprint density at radius 1 is 0.500 bits per heavy atom. The zero-order chi connectivity index (χ0) is 19.2. The van der Waals surface area contributed by atoms with Crippen LogP contribution in [0.4, 0.5) is 11.6 Å². The van der Waals surface area contributed by atoms with Crippen molar-refractivity contribution in [3.8, 4) is 0 Å². The molecule has 0 saturated carbocycles. The third-order valence-corrected chi connectivity index (χ3v) is 1.17. The van der Waals surface area contributed by atoms with Gasteiger partial charge in [0.05, 0.1) is 12.4 Å². The summed E-state index contributed by atoms with van der Waals surface area (Å²) in [7, 11) is -10.3. The summed E-state index contributed by atoms with van der Waals surface area (Å²) in [5.74, 6) is 0.921. The van der Waals surface area contributed by atoms with Gasteiger partial charge in [-0.3, -0.25) is 26.8 Å². The van der Waals surface area contributed by atoms with Crippen LogP contribution < -0.4 is 11.5 Å². The maximum Gasteiger partial charge on any atom is 2.00 e. The fourth-order valence-electron chi connectivity index (χ4n) is 0.621. The van der Waals surface area contributed by atoms with Crippen LogP contribution in [0, 0.1) is 0 Å². The normalized spacial score (nSPS) is 6.21. The molecule has 30 heteroatoms. The standard InChI is InChI=1S/2C4H5N3.2Mn.2H2O4S.12H2O/c2*5-4-3-6-1-2-7-4;;;2*1-5(2,3)4;;;;;;;;;;;;/h2*1-3H,(H2,5,7);;;2*(H2,1,2,3,4);12*1H2/q;;2*+2;;;;;;;;;;;;;;/p+6. The molecule has 0 saturated heterocycles. The molecule has 0 atom stereocenters. The van der Waals surface area contributed by atoms with Crippen molar-refractivity contribution in [1.29, 1.82) is 0 Å². The fraction of sp³-hybridized carbons (Fsp3) is 0. The van der Waals surface area contributed by atoms with Gasteiger partial charge in [0.2, 0.25) is 0 Å². The van der Waals surface area contributed by atoms with E-state index in [-0.39, 0.29) is 99.9 Å². The molecule has 2 rings (SSSR count). The van der Waals surface area contributed by atoms with Gasteiger partial charge in [0, 0.05) is 45.6 Å². The fourth-order valence-corrected chi connectivity index (χ4v) is 0.621. The van der Waals surface area contributed by atoms with E-state index in [1.54, 1.807) is 24.8 Å². The van der Waals surface area contributed by atoms with E-state index in [0.29, 0.717) is 11.6 Å². The Morgan fingerprint density at radius 3 is 0.711 bits per heavy atom. The summed E-state index contributed by atoms with van der Waals surface area (Å²) in [6.45, 7) is 0. The second-order valence-corrected chi connectivity index (χ2v) is 4.71. The van der Waals surface area contributed by atoms with Gasteiger partial charge in [0.25, 0.3) is 0 Å². The zero-order valence-corrected chi connectivity index (χ0v) is 23.0. The van der Waals surface area contributed by atoms with E-state index < -0.39 is 20.8 Å². The van der Waals surface area contributed by atoms with E-state index in [0.717, 1.165) is 0 Å². The number of nitrogens with two attached hydrogens (primary N) is 2. The molecule has 38 N–H and O–H groups in total. The molecule has 38 heavy (non-hydrogen) atoms. The van der Waals surface area contributed by atoms with Crippen molar-refractivity contribution in [3.63, 3.8) is 0 Å². The molecule has 0 aliphatic rings. The van der Waals surface area contributed by atoms with Crippen LogP contribution in [-0.2, 0) is 110 Å². The first kappa shape index (κ1) is 110. The van der Waals surface area contributed by atoms with Gasteiger partial charge in [0.1, 0.15) is 11.6 Å². The van der Waals surface area contributed by atoms with Crippen LogP contribution >= 0.6 is 0 Å². The van der Waals surface area contributed by atoms with Crippen LogP contribution in [0.15, 0.2) is 37.2 Å².